The normalized spacial score (nSPS) is 15.8. The number of carboxylic acid groups (broad SMARTS) is 1. The molecule has 1 saturated heterocycles. The third kappa shape index (κ3) is 5.62. The first-order valence-electron chi connectivity index (χ1n) is 8.29. The van der Waals surface area contributed by atoms with Crippen molar-refractivity contribution in [3.8, 4) is 5.75 Å². The predicted molar refractivity (Wildman–Crippen MR) is 89.4 cm³/mol. The van der Waals surface area contributed by atoms with E-state index in [-0.39, 0.29) is 17.6 Å². The van der Waals surface area contributed by atoms with Gasteiger partial charge in [-0.3, -0.25) is 0 Å². The van der Waals surface area contributed by atoms with Crippen molar-refractivity contribution in [2.75, 3.05) is 19.7 Å². The molecule has 1 aromatic carbocycles. The number of carbonyl (C=O) groups is 2. The Kier molecular flexibility index (Phi) is 5.87. The minimum atomic E-state index is -1.31. The number of rotatable bonds is 4. The van der Waals surface area contributed by atoms with E-state index in [1.165, 1.54) is 12.1 Å². The van der Waals surface area contributed by atoms with Crippen LogP contribution in [0.2, 0.25) is 0 Å². The van der Waals surface area contributed by atoms with Crippen LogP contribution in [0.5, 0.6) is 5.75 Å². The van der Waals surface area contributed by atoms with E-state index in [0.29, 0.717) is 25.4 Å². The van der Waals surface area contributed by atoms with Gasteiger partial charge in [-0.05, 0) is 51.7 Å². The summed E-state index contributed by atoms with van der Waals surface area (Å²) in [6, 6.07) is 3.72. The van der Waals surface area contributed by atoms with Gasteiger partial charge < -0.3 is 19.5 Å². The average Bonchev–Trinajstić information content (AvgIpc) is 2.51. The lowest BCUT2D eigenvalue weighted by molar-refractivity contribution is 0.0164. The van der Waals surface area contributed by atoms with Gasteiger partial charge in [0.1, 0.15) is 17.2 Å². The van der Waals surface area contributed by atoms with E-state index < -0.39 is 17.4 Å². The highest BCUT2D eigenvalue weighted by Gasteiger charge is 2.27. The number of likely N-dealkylation sites (tertiary alicyclic amines) is 1. The molecule has 7 heteroatoms. The SMILES string of the molecule is CC(C)(C)OC(=O)N1CCC(COc2ccc(C(=O)O)c(F)c2)CC1. The molecule has 138 valence electrons. The molecule has 25 heavy (non-hydrogen) atoms. The van der Waals surface area contributed by atoms with E-state index >= 15 is 0 Å². The molecule has 1 N–H and O–H groups in total. The van der Waals surface area contributed by atoms with Gasteiger partial charge in [0, 0.05) is 19.2 Å². The predicted octanol–water partition coefficient (Wildman–Crippen LogP) is 3.55. The van der Waals surface area contributed by atoms with E-state index in [4.69, 9.17) is 14.6 Å². The lowest BCUT2D eigenvalue weighted by Crippen LogP contribution is -2.42. The van der Waals surface area contributed by atoms with Crippen molar-refractivity contribution in [3.63, 3.8) is 0 Å². The van der Waals surface area contributed by atoms with Gasteiger partial charge in [-0.15, -0.1) is 0 Å². The molecule has 0 atom stereocenters. The molecule has 1 aliphatic rings. The number of hydrogen-bond donors (Lipinski definition) is 1. The maximum absolute atomic E-state index is 13.6. The second-order valence-corrected chi connectivity index (χ2v) is 7.17. The van der Waals surface area contributed by atoms with Crippen molar-refractivity contribution in [2.45, 2.75) is 39.2 Å². The zero-order valence-electron chi connectivity index (χ0n) is 14.8. The molecule has 0 saturated carbocycles. The van der Waals surface area contributed by atoms with Crippen LogP contribution in [0.25, 0.3) is 0 Å². The zero-order chi connectivity index (χ0) is 18.6. The molecule has 0 spiro atoms. The summed E-state index contributed by atoms with van der Waals surface area (Å²) in [6.07, 6.45) is 1.24. The maximum Gasteiger partial charge on any atom is 0.410 e. The first-order valence-corrected chi connectivity index (χ1v) is 8.29. The number of aromatic carboxylic acids is 1. The van der Waals surface area contributed by atoms with Crippen LogP contribution < -0.4 is 4.74 Å². The van der Waals surface area contributed by atoms with Gasteiger partial charge in [0.15, 0.2) is 0 Å². The van der Waals surface area contributed by atoms with Crippen LogP contribution in [0.15, 0.2) is 18.2 Å². The van der Waals surface area contributed by atoms with Crippen LogP contribution >= 0.6 is 0 Å². The Morgan fingerprint density at radius 1 is 1.28 bits per heavy atom. The topological polar surface area (TPSA) is 76.1 Å². The van der Waals surface area contributed by atoms with Crippen molar-refractivity contribution < 1.29 is 28.6 Å². The third-order valence-corrected chi connectivity index (χ3v) is 3.92. The van der Waals surface area contributed by atoms with E-state index in [0.717, 1.165) is 18.9 Å². The maximum atomic E-state index is 13.6. The minimum Gasteiger partial charge on any atom is -0.493 e. The average molecular weight is 353 g/mol. The van der Waals surface area contributed by atoms with Gasteiger partial charge >= 0.3 is 12.1 Å². The zero-order valence-corrected chi connectivity index (χ0v) is 14.8. The molecule has 0 radical (unpaired) electrons. The molecule has 1 heterocycles. The standard InChI is InChI=1S/C18H24FNO5/c1-18(2,3)25-17(23)20-8-6-12(7-9-20)11-24-13-4-5-14(16(21)22)15(19)10-13/h4-5,10,12H,6-9,11H2,1-3H3,(H,21,22). The van der Waals surface area contributed by atoms with E-state index in [2.05, 4.69) is 0 Å². The summed E-state index contributed by atoms with van der Waals surface area (Å²) in [7, 11) is 0. The monoisotopic (exact) mass is 353 g/mol. The number of nitrogens with zero attached hydrogens (tertiary/aromatic N) is 1. The van der Waals surface area contributed by atoms with Crippen LogP contribution in [-0.2, 0) is 4.74 Å². The molecule has 0 aliphatic carbocycles. The van der Waals surface area contributed by atoms with E-state index in [1.807, 2.05) is 20.8 Å². The number of amides is 1. The largest absolute Gasteiger partial charge is 0.493 e. The number of ether oxygens (including phenoxy) is 2. The Hall–Kier alpha value is -2.31. The summed E-state index contributed by atoms with van der Waals surface area (Å²) in [5.41, 5.74) is -0.888. The van der Waals surface area contributed by atoms with Crippen LogP contribution in [-0.4, -0.2) is 47.4 Å². The van der Waals surface area contributed by atoms with Gasteiger partial charge in [-0.2, -0.15) is 0 Å². The quantitative estimate of drug-likeness (QED) is 0.896. The van der Waals surface area contributed by atoms with Crippen LogP contribution in [0.1, 0.15) is 44.0 Å². The highest BCUT2D eigenvalue weighted by atomic mass is 19.1. The van der Waals surface area contributed by atoms with Crippen molar-refractivity contribution >= 4 is 12.1 Å². The summed E-state index contributed by atoms with van der Waals surface area (Å²) in [5, 5.41) is 8.81. The first-order chi connectivity index (χ1) is 11.7. The second-order valence-electron chi connectivity index (χ2n) is 7.17. The summed E-state index contributed by atoms with van der Waals surface area (Å²) in [5.74, 6) is -1.57. The van der Waals surface area contributed by atoms with Crippen molar-refractivity contribution in [3.05, 3.63) is 29.6 Å². The molecule has 6 nitrogen and oxygen atoms in total. The van der Waals surface area contributed by atoms with Crippen LogP contribution in [0, 0.1) is 11.7 Å². The number of halogens is 1. The summed E-state index contributed by atoms with van der Waals surface area (Å²) in [4.78, 5) is 24.5. The Labute approximate surface area is 146 Å². The van der Waals surface area contributed by atoms with Crippen LogP contribution in [0.4, 0.5) is 9.18 Å². The lowest BCUT2D eigenvalue weighted by Gasteiger charge is -2.33. The fourth-order valence-electron chi connectivity index (χ4n) is 2.58. The highest BCUT2D eigenvalue weighted by Crippen LogP contribution is 2.22. The smallest absolute Gasteiger partial charge is 0.410 e. The molecular weight excluding hydrogens is 329 g/mol. The number of carbonyl (C=O) groups excluding carboxylic acids is 1. The molecule has 2 rings (SSSR count). The molecular formula is C18H24FNO5. The molecule has 1 amide bonds. The number of benzene rings is 1. The number of carboxylic acids is 1. The molecule has 0 bridgehead atoms. The second kappa shape index (κ2) is 7.72. The third-order valence-electron chi connectivity index (χ3n) is 3.92. The molecule has 0 aromatic heterocycles. The molecule has 0 unspecified atom stereocenters. The first kappa shape index (κ1) is 19.0. The summed E-state index contributed by atoms with van der Waals surface area (Å²) >= 11 is 0. The Balaban J connectivity index is 1.80. The van der Waals surface area contributed by atoms with Gasteiger partial charge in [0.25, 0.3) is 0 Å². The highest BCUT2D eigenvalue weighted by molar-refractivity contribution is 5.88. The molecule has 1 aliphatic heterocycles. The fourth-order valence-corrected chi connectivity index (χ4v) is 2.58. The Morgan fingerprint density at radius 2 is 1.92 bits per heavy atom. The lowest BCUT2D eigenvalue weighted by atomic mass is 9.98. The Bertz CT molecular complexity index is 633. The van der Waals surface area contributed by atoms with Gasteiger partial charge in [-0.25, -0.2) is 14.0 Å². The minimum absolute atomic E-state index is 0.251. The van der Waals surface area contributed by atoms with Crippen molar-refractivity contribution in [1.29, 1.82) is 0 Å². The van der Waals surface area contributed by atoms with Gasteiger partial charge in [-0.1, -0.05) is 0 Å². The number of piperidine rings is 1. The van der Waals surface area contributed by atoms with Crippen molar-refractivity contribution in [2.24, 2.45) is 5.92 Å². The summed E-state index contributed by atoms with van der Waals surface area (Å²) < 4.78 is 24.5. The molecule has 1 aromatic rings. The van der Waals surface area contributed by atoms with Gasteiger partial charge in [0.05, 0.1) is 12.2 Å². The number of hydrogen-bond acceptors (Lipinski definition) is 4. The Morgan fingerprint density at radius 3 is 2.44 bits per heavy atom. The van der Waals surface area contributed by atoms with Crippen LogP contribution in [0.3, 0.4) is 0 Å². The molecule has 1 fully saturated rings. The van der Waals surface area contributed by atoms with Crippen molar-refractivity contribution in [1.82, 2.24) is 4.90 Å². The van der Waals surface area contributed by atoms with Gasteiger partial charge in [0.2, 0.25) is 0 Å². The van der Waals surface area contributed by atoms with E-state index in [1.54, 1.807) is 4.90 Å². The summed E-state index contributed by atoms with van der Waals surface area (Å²) in [6.45, 7) is 7.08. The van der Waals surface area contributed by atoms with E-state index in [9.17, 15) is 14.0 Å². The fraction of sp³-hybridized carbons (Fsp3) is 0.556.